The molecule has 5 nitrogen and oxygen atoms in total. The van der Waals surface area contributed by atoms with Gasteiger partial charge < -0.3 is 15.4 Å². The zero-order valence-corrected chi connectivity index (χ0v) is 15.0. The number of thiazole rings is 1. The number of hydrogen-bond donors (Lipinski definition) is 2. The molecule has 2 heterocycles. The van der Waals surface area contributed by atoms with Crippen LogP contribution in [0.15, 0.2) is 41.8 Å². The molecule has 3 rings (SSSR count). The number of methoxy groups -OCH3 is 1. The van der Waals surface area contributed by atoms with E-state index in [1.54, 1.807) is 29.8 Å². The third-order valence-corrected chi connectivity index (χ3v) is 5.14. The normalized spacial score (nSPS) is 10.4. The molecule has 124 valence electrons. The summed E-state index contributed by atoms with van der Waals surface area (Å²) in [6.07, 6.45) is 0. The van der Waals surface area contributed by atoms with Gasteiger partial charge in [0.15, 0.2) is 5.13 Å². The Morgan fingerprint density at radius 3 is 2.88 bits per heavy atom. The molecule has 0 aliphatic rings. The van der Waals surface area contributed by atoms with Crippen LogP contribution in [0.2, 0.25) is 0 Å². The highest BCUT2D eigenvalue weighted by Gasteiger charge is 2.09. The van der Waals surface area contributed by atoms with Crippen LogP contribution in [0.25, 0.3) is 10.6 Å². The number of nitrogens with one attached hydrogen (secondary N) is 2. The number of carbonyl (C=O) groups is 1. The van der Waals surface area contributed by atoms with Crippen LogP contribution >= 0.6 is 22.7 Å². The molecule has 0 spiro atoms. The topological polar surface area (TPSA) is 63.2 Å². The number of carbonyl (C=O) groups excluding carboxylic acids is 1. The number of nitrogens with zero attached hydrogens (tertiary/aromatic N) is 1. The van der Waals surface area contributed by atoms with E-state index in [1.807, 2.05) is 41.8 Å². The monoisotopic (exact) mass is 359 g/mol. The second-order valence-electron chi connectivity index (χ2n) is 5.04. The van der Waals surface area contributed by atoms with Crippen molar-refractivity contribution >= 4 is 39.4 Å². The third-order valence-electron chi connectivity index (χ3n) is 3.28. The van der Waals surface area contributed by atoms with E-state index in [1.165, 1.54) is 6.92 Å². The lowest BCUT2D eigenvalue weighted by atomic mass is 10.3. The second-order valence-corrected chi connectivity index (χ2v) is 7.07. The molecule has 24 heavy (non-hydrogen) atoms. The van der Waals surface area contributed by atoms with Gasteiger partial charge in [-0.15, -0.1) is 22.7 Å². The molecule has 0 radical (unpaired) electrons. The predicted molar refractivity (Wildman–Crippen MR) is 99.2 cm³/mol. The molecule has 0 atom stereocenters. The summed E-state index contributed by atoms with van der Waals surface area (Å²) in [4.78, 5) is 17.8. The van der Waals surface area contributed by atoms with Gasteiger partial charge in [0.2, 0.25) is 5.91 Å². The van der Waals surface area contributed by atoms with Crippen LogP contribution in [0, 0.1) is 0 Å². The first-order valence-electron chi connectivity index (χ1n) is 7.35. The number of benzene rings is 1. The lowest BCUT2D eigenvalue weighted by molar-refractivity contribution is -0.119. The summed E-state index contributed by atoms with van der Waals surface area (Å²) in [5.41, 5.74) is 1.81. The predicted octanol–water partition coefficient (Wildman–Crippen LogP) is 4.26. The molecule has 7 heteroatoms. The maximum Gasteiger partial charge on any atom is 0.217 e. The Morgan fingerprint density at radius 2 is 2.08 bits per heavy atom. The van der Waals surface area contributed by atoms with E-state index in [4.69, 9.17) is 4.74 Å². The minimum atomic E-state index is -0.0260. The molecule has 0 fully saturated rings. The van der Waals surface area contributed by atoms with Crippen LogP contribution < -0.4 is 15.4 Å². The fourth-order valence-electron chi connectivity index (χ4n) is 2.13. The van der Waals surface area contributed by atoms with Gasteiger partial charge >= 0.3 is 0 Å². The Hall–Kier alpha value is -2.38. The SMILES string of the molecule is COc1ccccc1Nc1nc(-c2ccc(CNC(C)=O)s2)cs1. The molecule has 2 aromatic heterocycles. The highest BCUT2D eigenvalue weighted by Crippen LogP contribution is 2.33. The van der Waals surface area contributed by atoms with Crippen molar-refractivity contribution < 1.29 is 9.53 Å². The summed E-state index contributed by atoms with van der Waals surface area (Å²) in [6.45, 7) is 2.07. The number of para-hydroxylation sites is 2. The summed E-state index contributed by atoms with van der Waals surface area (Å²) in [5, 5.41) is 8.93. The fourth-order valence-corrected chi connectivity index (χ4v) is 3.84. The minimum Gasteiger partial charge on any atom is -0.495 e. The van der Waals surface area contributed by atoms with Gasteiger partial charge in [-0.2, -0.15) is 0 Å². The number of rotatable bonds is 6. The van der Waals surface area contributed by atoms with E-state index in [0.29, 0.717) is 6.54 Å². The highest BCUT2D eigenvalue weighted by atomic mass is 32.1. The fraction of sp³-hybridized carbons (Fsp3) is 0.176. The van der Waals surface area contributed by atoms with Gasteiger partial charge in [-0.05, 0) is 24.3 Å². The molecule has 0 bridgehead atoms. The van der Waals surface area contributed by atoms with Crippen molar-refractivity contribution in [3.05, 3.63) is 46.7 Å². The number of thiophene rings is 1. The first-order valence-corrected chi connectivity index (χ1v) is 9.04. The van der Waals surface area contributed by atoms with Gasteiger partial charge in [-0.3, -0.25) is 4.79 Å². The molecule has 0 aliphatic heterocycles. The van der Waals surface area contributed by atoms with Gasteiger partial charge in [-0.25, -0.2) is 4.98 Å². The van der Waals surface area contributed by atoms with Gasteiger partial charge in [0.1, 0.15) is 5.75 Å². The van der Waals surface area contributed by atoms with Crippen molar-refractivity contribution in [1.29, 1.82) is 0 Å². The lowest BCUT2D eigenvalue weighted by Gasteiger charge is -2.07. The van der Waals surface area contributed by atoms with Crippen LogP contribution in [0.5, 0.6) is 5.75 Å². The number of hydrogen-bond acceptors (Lipinski definition) is 6. The molecule has 0 saturated heterocycles. The number of amides is 1. The van der Waals surface area contributed by atoms with Crippen LogP contribution in [0.3, 0.4) is 0 Å². The van der Waals surface area contributed by atoms with Crippen molar-refractivity contribution in [2.75, 3.05) is 12.4 Å². The molecule has 3 aromatic rings. The van der Waals surface area contributed by atoms with Crippen molar-refractivity contribution in [3.8, 4) is 16.3 Å². The minimum absolute atomic E-state index is 0.0260. The molecule has 0 unspecified atom stereocenters. The maximum absolute atomic E-state index is 11.0. The van der Waals surface area contributed by atoms with E-state index >= 15 is 0 Å². The van der Waals surface area contributed by atoms with Crippen LogP contribution in [-0.4, -0.2) is 18.0 Å². The average molecular weight is 359 g/mol. The van der Waals surface area contributed by atoms with Gasteiger partial charge in [-0.1, -0.05) is 12.1 Å². The van der Waals surface area contributed by atoms with Crippen molar-refractivity contribution in [3.63, 3.8) is 0 Å². The van der Waals surface area contributed by atoms with Crippen LogP contribution in [0.4, 0.5) is 10.8 Å². The Bertz CT molecular complexity index is 842. The van der Waals surface area contributed by atoms with Crippen molar-refractivity contribution in [2.45, 2.75) is 13.5 Å². The summed E-state index contributed by atoms with van der Waals surface area (Å²) in [7, 11) is 1.65. The summed E-state index contributed by atoms with van der Waals surface area (Å²) >= 11 is 3.18. The van der Waals surface area contributed by atoms with Crippen LogP contribution in [0.1, 0.15) is 11.8 Å². The number of ether oxygens (including phenoxy) is 1. The summed E-state index contributed by atoms with van der Waals surface area (Å²) in [5.74, 6) is 0.755. The average Bonchev–Trinajstić information content (AvgIpc) is 3.22. The molecule has 2 N–H and O–H groups in total. The smallest absolute Gasteiger partial charge is 0.217 e. The van der Waals surface area contributed by atoms with E-state index in [-0.39, 0.29) is 5.91 Å². The Balaban J connectivity index is 1.72. The molecule has 0 aliphatic carbocycles. The van der Waals surface area contributed by atoms with E-state index in [2.05, 4.69) is 15.6 Å². The van der Waals surface area contributed by atoms with Gasteiger partial charge in [0.25, 0.3) is 0 Å². The third kappa shape index (κ3) is 3.93. The highest BCUT2D eigenvalue weighted by molar-refractivity contribution is 7.17. The van der Waals surface area contributed by atoms with Gasteiger partial charge in [0.05, 0.1) is 29.9 Å². The first-order chi connectivity index (χ1) is 11.7. The van der Waals surface area contributed by atoms with Crippen molar-refractivity contribution in [2.24, 2.45) is 0 Å². The zero-order valence-electron chi connectivity index (χ0n) is 13.3. The molecular weight excluding hydrogens is 342 g/mol. The molecule has 0 saturated carbocycles. The Kier molecular flexibility index (Phi) is 5.12. The first kappa shape index (κ1) is 16.5. The largest absolute Gasteiger partial charge is 0.495 e. The molecule has 1 aromatic carbocycles. The summed E-state index contributed by atoms with van der Waals surface area (Å²) < 4.78 is 5.34. The number of anilines is 2. The maximum atomic E-state index is 11.0. The van der Waals surface area contributed by atoms with Gasteiger partial charge in [0, 0.05) is 17.2 Å². The number of aromatic nitrogens is 1. The zero-order chi connectivity index (χ0) is 16.9. The summed E-state index contributed by atoms with van der Waals surface area (Å²) in [6, 6.07) is 11.8. The van der Waals surface area contributed by atoms with Crippen LogP contribution in [-0.2, 0) is 11.3 Å². The Labute approximate surface area is 148 Å². The Morgan fingerprint density at radius 1 is 1.25 bits per heavy atom. The molecular formula is C17H17N3O2S2. The second kappa shape index (κ2) is 7.46. The van der Waals surface area contributed by atoms with Crippen molar-refractivity contribution in [1.82, 2.24) is 10.3 Å². The van der Waals surface area contributed by atoms with E-state index in [0.717, 1.165) is 32.0 Å². The lowest BCUT2D eigenvalue weighted by Crippen LogP contribution is -2.17. The standard InChI is InChI=1S/C17H17N3O2S2/c1-11(21)18-9-12-7-8-16(24-12)14-10-23-17(20-14)19-13-5-3-4-6-15(13)22-2/h3-8,10H,9H2,1-2H3,(H,18,21)(H,19,20). The van der Waals surface area contributed by atoms with E-state index < -0.39 is 0 Å². The molecule has 1 amide bonds. The quantitative estimate of drug-likeness (QED) is 0.690. The van der Waals surface area contributed by atoms with E-state index in [9.17, 15) is 4.79 Å².